The summed E-state index contributed by atoms with van der Waals surface area (Å²) in [7, 11) is 0. The number of alkyl halides is 2. The van der Waals surface area contributed by atoms with Crippen LogP contribution in [0.2, 0.25) is 5.02 Å². The molecule has 0 radical (unpaired) electrons. The normalized spacial score (nSPS) is 20.4. The van der Waals surface area contributed by atoms with Crippen LogP contribution in [0, 0.1) is 30.2 Å². The average Bonchev–Trinajstić information content (AvgIpc) is 3.31. The van der Waals surface area contributed by atoms with Crippen LogP contribution in [0.15, 0.2) is 48.5 Å². The number of amides is 2. The predicted molar refractivity (Wildman–Crippen MR) is 125 cm³/mol. The first kappa shape index (κ1) is 25.3. The van der Waals surface area contributed by atoms with Gasteiger partial charge < -0.3 is 11.1 Å². The van der Waals surface area contributed by atoms with Crippen molar-refractivity contribution in [3.05, 3.63) is 99.1 Å². The molecule has 0 aromatic heterocycles. The number of rotatable bonds is 5. The SMILES string of the molecule is Cc1cc(C2(C(N)=O)C(c3ccc(F)c(Cl)c3)C2(Cl)Cl)cc(C(=O)Nc2ccc(F)cc2F)c1F. The standard InChI is InChI=1S/C24H15Cl3F4N2O2/c1-10-6-12(8-14(19(10)31)21(34)33-18-5-3-13(28)9-17(18)30)23(22(32)35)20(24(23,26)27)11-2-4-16(29)15(25)7-11/h2-9,20H,1H3,(H2,32,35)(H,33,34). The number of hydrogen-bond acceptors (Lipinski definition) is 2. The highest BCUT2D eigenvalue weighted by atomic mass is 35.5. The summed E-state index contributed by atoms with van der Waals surface area (Å²) >= 11 is 18.9. The smallest absolute Gasteiger partial charge is 0.258 e. The van der Waals surface area contributed by atoms with E-state index in [1.54, 1.807) is 0 Å². The molecular formula is C24H15Cl3F4N2O2. The lowest BCUT2D eigenvalue weighted by atomic mass is 9.87. The van der Waals surface area contributed by atoms with Gasteiger partial charge in [0.15, 0.2) is 0 Å². The molecule has 0 aliphatic heterocycles. The topological polar surface area (TPSA) is 72.2 Å². The van der Waals surface area contributed by atoms with Gasteiger partial charge in [-0.2, -0.15) is 0 Å². The second kappa shape index (κ2) is 8.69. The molecule has 4 rings (SSSR count). The molecular weight excluding hydrogens is 531 g/mol. The molecule has 1 aliphatic rings. The number of aryl methyl sites for hydroxylation is 1. The Morgan fingerprint density at radius 2 is 1.66 bits per heavy atom. The van der Waals surface area contributed by atoms with E-state index in [9.17, 15) is 27.2 Å². The van der Waals surface area contributed by atoms with Gasteiger partial charge in [-0.15, -0.1) is 0 Å². The zero-order chi connectivity index (χ0) is 25.9. The molecule has 1 saturated carbocycles. The third-order valence-corrected chi connectivity index (χ3v) is 7.36. The van der Waals surface area contributed by atoms with Crippen molar-refractivity contribution < 1.29 is 27.2 Å². The van der Waals surface area contributed by atoms with Crippen molar-refractivity contribution in [3.63, 3.8) is 0 Å². The Hall–Kier alpha value is -2.81. The number of carbonyl (C=O) groups excluding carboxylic acids is 2. The quantitative estimate of drug-likeness (QED) is 0.298. The molecule has 4 nitrogen and oxygen atoms in total. The van der Waals surface area contributed by atoms with E-state index in [1.807, 2.05) is 0 Å². The Bertz CT molecular complexity index is 1400. The third kappa shape index (κ3) is 3.93. The zero-order valence-corrected chi connectivity index (χ0v) is 20.0. The van der Waals surface area contributed by atoms with Crippen LogP contribution in [-0.4, -0.2) is 16.1 Å². The molecule has 1 aliphatic carbocycles. The number of nitrogens with one attached hydrogen (secondary N) is 1. The highest BCUT2D eigenvalue weighted by Gasteiger charge is 2.80. The first-order valence-corrected chi connectivity index (χ1v) is 11.2. The van der Waals surface area contributed by atoms with E-state index in [4.69, 9.17) is 40.5 Å². The summed E-state index contributed by atoms with van der Waals surface area (Å²) in [5, 5.41) is 1.92. The summed E-state index contributed by atoms with van der Waals surface area (Å²) in [4.78, 5) is 25.6. The van der Waals surface area contributed by atoms with Crippen LogP contribution in [0.1, 0.15) is 33.0 Å². The number of anilines is 1. The molecule has 3 aromatic rings. The van der Waals surface area contributed by atoms with Crippen molar-refractivity contribution >= 4 is 52.3 Å². The second-order valence-corrected chi connectivity index (χ2v) is 9.93. The fourth-order valence-electron chi connectivity index (χ4n) is 4.31. The highest BCUT2D eigenvalue weighted by molar-refractivity contribution is 6.55. The molecule has 182 valence electrons. The average molecular weight is 546 g/mol. The number of hydrogen-bond donors (Lipinski definition) is 2. The minimum Gasteiger partial charge on any atom is -0.369 e. The van der Waals surface area contributed by atoms with Gasteiger partial charge in [0, 0.05) is 12.0 Å². The van der Waals surface area contributed by atoms with E-state index in [2.05, 4.69) is 5.32 Å². The van der Waals surface area contributed by atoms with Crippen molar-refractivity contribution in [1.82, 2.24) is 0 Å². The fraction of sp³-hybridized carbons (Fsp3) is 0.167. The van der Waals surface area contributed by atoms with E-state index in [0.29, 0.717) is 11.6 Å². The summed E-state index contributed by atoms with van der Waals surface area (Å²) in [6, 6.07) is 8.38. The van der Waals surface area contributed by atoms with Crippen molar-refractivity contribution in [1.29, 1.82) is 0 Å². The van der Waals surface area contributed by atoms with Crippen LogP contribution in [0.25, 0.3) is 0 Å². The molecule has 2 unspecified atom stereocenters. The molecule has 0 spiro atoms. The van der Waals surface area contributed by atoms with Crippen LogP contribution in [0.5, 0.6) is 0 Å². The van der Waals surface area contributed by atoms with Crippen LogP contribution in [-0.2, 0) is 10.2 Å². The maximum atomic E-state index is 15.0. The van der Waals surface area contributed by atoms with Gasteiger partial charge in [0.1, 0.15) is 33.0 Å². The van der Waals surface area contributed by atoms with Gasteiger partial charge in [-0.3, -0.25) is 9.59 Å². The minimum absolute atomic E-state index is 0.0177. The van der Waals surface area contributed by atoms with E-state index in [0.717, 1.165) is 24.3 Å². The Balaban J connectivity index is 1.82. The Kier molecular flexibility index (Phi) is 6.28. The van der Waals surface area contributed by atoms with E-state index in [-0.39, 0.29) is 16.1 Å². The summed E-state index contributed by atoms with van der Waals surface area (Å²) in [6.07, 6.45) is 0. The highest BCUT2D eigenvalue weighted by Crippen LogP contribution is 2.74. The number of halogens is 7. The van der Waals surface area contributed by atoms with Crippen LogP contribution in [0.4, 0.5) is 23.2 Å². The molecule has 2 amide bonds. The first-order chi connectivity index (χ1) is 16.3. The summed E-state index contributed by atoms with van der Waals surface area (Å²) < 4.78 is 54.0. The van der Waals surface area contributed by atoms with Crippen molar-refractivity contribution in [2.24, 2.45) is 5.73 Å². The molecule has 0 bridgehead atoms. The lowest BCUT2D eigenvalue weighted by molar-refractivity contribution is -0.120. The van der Waals surface area contributed by atoms with Crippen LogP contribution >= 0.6 is 34.8 Å². The lowest BCUT2D eigenvalue weighted by Crippen LogP contribution is -2.34. The zero-order valence-electron chi connectivity index (χ0n) is 17.7. The number of nitrogens with two attached hydrogens (primary N) is 1. The lowest BCUT2D eigenvalue weighted by Gasteiger charge is -2.18. The van der Waals surface area contributed by atoms with E-state index in [1.165, 1.54) is 25.1 Å². The number of benzene rings is 3. The number of carbonyl (C=O) groups is 2. The molecule has 11 heteroatoms. The van der Waals surface area contributed by atoms with Crippen LogP contribution < -0.4 is 11.1 Å². The van der Waals surface area contributed by atoms with Crippen molar-refractivity contribution in [2.75, 3.05) is 5.32 Å². The maximum Gasteiger partial charge on any atom is 0.258 e. The van der Waals surface area contributed by atoms with E-state index >= 15 is 0 Å². The van der Waals surface area contributed by atoms with E-state index < -0.39 is 62.0 Å². The molecule has 1 fully saturated rings. The van der Waals surface area contributed by atoms with Crippen molar-refractivity contribution in [2.45, 2.75) is 22.6 Å². The predicted octanol–water partition coefficient (Wildman–Crippen LogP) is 6.15. The van der Waals surface area contributed by atoms with Gasteiger partial charge in [0.25, 0.3) is 5.91 Å². The largest absolute Gasteiger partial charge is 0.369 e. The Morgan fingerprint density at radius 3 is 2.26 bits per heavy atom. The summed E-state index contributed by atoms with van der Waals surface area (Å²) in [5.74, 6) is -6.66. The van der Waals surface area contributed by atoms with Gasteiger partial charge in [-0.1, -0.05) is 46.9 Å². The van der Waals surface area contributed by atoms with Gasteiger partial charge in [-0.25, -0.2) is 17.6 Å². The minimum atomic E-state index is -1.85. The molecule has 0 saturated heterocycles. The number of primary amides is 1. The third-order valence-electron chi connectivity index (χ3n) is 6.04. The second-order valence-electron chi connectivity index (χ2n) is 8.13. The van der Waals surface area contributed by atoms with Crippen LogP contribution in [0.3, 0.4) is 0 Å². The molecule has 35 heavy (non-hydrogen) atoms. The van der Waals surface area contributed by atoms with Gasteiger partial charge in [0.05, 0.1) is 16.3 Å². The summed E-state index contributed by atoms with van der Waals surface area (Å²) in [5.41, 5.74) is 3.19. The Morgan fingerprint density at radius 1 is 0.971 bits per heavy atom. The van der Waals surface area contributed by atoms with Gasteiger partial charge in [0.2, 0.25) is 5.91 Å². The molecule has 0 heterocycles. The maximum absolute atomic E-state index is 15.0. The molecule has 2 atom stereocenters. The van der Waals surface area contributed by atoms with Crippen molar-refractivity contribution in [3.8, 4) is 0 Å². The fourth-order valence-corrected chi connectivity index (χ4v) is 5.59. The monoisotopic (exact) mass is 544 g/mol. The molecule has 3 N–H and O–H groups in total. The Labute approximate surface area is 212 Å². The van der Waals surface area contributed by atoms with Gasteiger partial charge >= 0.3 is 0 Å². The summed E-state index contributed by atoms with van der Waals surface area (Å²) in [6.45, 7) is 1.33. The van der Waals surface area contributed by atoms with Gasteiger partial charge in [-0.05, 0) is 53.9 Å². The molecule has 3 aromatic carbocycles. The first-order valence-electron chi connectivity index (χ1n) is 10.0.